The third kappa shape index (κ3) is 3.46. The van der Waals surface area contributed by atoms with E-state index in [-0.39, 0.29) is 5.56 Å². The molecule has 2 aliphatic heterocycles. The predicted molar refractivity (Wildman–Crippen MR) is 116 cm³/mol. The summed E-state index contributed by atoms with van der Waals surface area (Å²) >= 11 is 0. The van der Waals surface area contributed by atoms with Crippen molar-refractivity contribution in [3.05, 3.63) is 57.1 Å². The number of aromatic nitrogens is 3. The molecule has 6 heteroatoms. The molecule has 0 aliphatic carbocycles. The summed E-state index contributed by atoms with van der Waals surface area (Å²) in [5, 5.41) is 1.29. The van der Waals surface area contributed by atoms with E-state index in [2.05, 4.69) is 57.9 Å². The number of rotatable bonds is 3. The zero-order chi connectivity index (χ0) is 20.0. The zero-order valence-corrected chi connectivity index (χ0v) is 17.3. The van der Waals surface area contributed by atoms with Crippen molar-refractivity contribution in [1.82, 2.24) is 19.9 Å². The van der Waals surface area contributed by atoms with Crippen molar-refractivity contribution in [3.63, 3.8) is 0 Å². The number of piperidine rings is 1. The summed E-state index contributed by atoms with van der Waals surface area (Å²) in [4.78, 5) is 28.9. The van der Waals surface area contributed by atoms with Crippen LogP contribution in [0.4, 0.5) is 5.95 Å². The second kappa shape index (κ2) is 7.34. The number of para-hydroxylation sites is 1. The van der Waals surface area contributed by atoms with Crippen LogP contribution < -0.4 is 10.5 Å². The predicted octanol–water partition coefficient (Wildman–Crippen LogP) is 3.35. The lowest BCUT2D eigenvalue weighted by Gasteiger charge is -2.33. The molecule has 1 saturated heterocycles. The SMILES string of the molecule is Cc1c(CN2CCc3c(nc(N4CCCC(C)C4)[nH]c3=O)C2)[nH]c2ccccc12. The van der Waals surface area contributed by atoms with Gasteiger partial charge in [0.2, 0.25) is 5.95 Å². The minimum Gasteiger partial charge on any atom is -0.357 e. The second-order valence-corrected chi connectivity index (χ2v) is 8.74. The van der Waals surface area contributed by atoms with Crippen molar-refractivity contribution in [2.24, 2.45) is 5.92 Å². The molecule has 0 saturated carbocycles. The third-order valence-electron chi connectivity index (χ3n) is 6.55. The molecule has 0 amide bonds. The molecule has 1 atom stereocenters. The van der Waals surface area contributed by atoms with Crippen molar-refractivity contribution in [2.45, 2.75) is 46.2 Å². The van der Waals surface area contributed by atoms with Gasteiger partial charge >= 0.3 is 0 Å². The van der Waals surface area contributed by atoms with Gasteiger partial charge in [0.05, 0.1) is 5.69 Å². The van der Waals surface area contributed by atoms with E-state index in [9.17, 15) is 4.79 Å². The maximum atomic E-state index is 12.7. The Morgan fingerprint density at radius 1 is 1.21 bits per heavy atom. The highest BCUT2D eigenvalue weighted by Gasteiger charge is 2.25. The van der Waals surface area contributed by atoms with Crippen molar-refractivity contribution < 1.29 is 0 Å². The molecule has 2 aromatic heterocycles. The van der Waals surface area contributed by atoms with E-state index >= 15 is 0 Å². The molecular formula is C23H29N5O. The Morgan fingerprint density at radius 3 is 2.90 bits per heavy atom. The lowest BCUT2D eigenvalue weighted by Crippen LogP contribution is -2.39. The van der Waals surface area contributed by atoms with E-state index < -0.39 is 0 Å². The van der Waals surface area contributed by atoms with Crippen molar-refractivity contribution in [1.29, 1.82) is 0 Å². The summed E-state index contributed by atoms with van der Waals surface area (Å²) in [5.74, 6) is 1.40. The van der Waals surface area contributed by atoms with Gasteiger partial charge in [-0.05, 0) is 43.7 Å². The standard InChI is InChI=1S/C23H29N5O/c1-15-6-5-10-28(12-15)23-25-21-14-27(11-9-18(21)22(29)26-23)13-20-16(2)17-7-3-4-8-19(17)24-20/h3-4,7-8,15,24H,5-6,9-14H2,1-2H3,(H,25,26,29). The summed E-state index contributed by atoms with van der Waals surface area (Å²) < 4.78 is 0. The van der Waals surface area contributed by atoms with Gasteiger partial charge in [0.25, 0.3) is 5.56 Å². The van der Waals surface area contributed by atoms with Crippen LogP contribution in [0, 0.1) is 12.8 Å². The topological polar surface area (TPSA) is 68.0 Å². The number of nitrogens with one attached hydrogen (secondary N) is 2. The molecule has 29 heavy (non-hydrogen) atoms. The third-order valence-corrected chi connectivity index (χ3v) is 6.55. The number of hydrogen-bond acceptors (Lipinski definition) is 4. The summed E-state index contributed by atoms with van der Waals surface area (Å²) in [7, 11) is 0. The summed E-state index contributed by atoms with van der Waals surface area (Å²) in [6.07, 6.45) is 3.17. The number of benzene rings is 1. The van der Waals surface area contributed by atoms with Gasteiger partial charge in [-0.25, -0.2) is 4.98 Å². The minimum absolute atomic E-state index is 0.0460. The summed E-state index contributed by atoms with van der Waals surface area (Å²) in [6, 6.07) is 8.45. The summed E-state index contributed by atoms with van der Waals surface area (Å²) in [6.45, 7) is 8.86. The van der Waals surface area contributed by atoms with Gasteiger partial charge in [-0.15, -0.1) is 0 Å². The van der Waals surface area contributed by atoms with Gasteiger partial charge in [0, 0.05) is 54.9 Å². The first-order chi connectivity index (χ1) is 14.1. The Kier molecular flexibility index (Phi) is 4.66. The maximum Gasteiger partial charge on any atom is 0.255 e. The van der Waals surface area contributed by atoms with Crippen LogP contribution in [-0.2, 0) is 19.5 Å². The number of H-pyrrole nitrogens is 2. The summed E-state index contributed by atoms with van der Waals surface area (Å²) in [5.41, 5.74) is 5.61. The number of aryl methyl sites for hydroxylation is 1. The highest BCUT2D eigenvalue weighted by molar-refractivity contribution is 5.84. The highest BCUT2D eigenvalue weighted by atomic mass is 16.1. The molecule has 2 N–H and O–H groups in total. The molecule has 0 radical (unpaired) electrons. The van der Waals surface area contributed by atoms with E-state index in [1.807, 2.05) is 0 Å². The van der Waals surface area contributed by atoms with Crippen molar-refractivity contribution in [3.8, 4) is 0 Å². The van der Waals surface area contributed by atoms with Crippen molar-refractivity contribution in [2.75, 3.05) is 24.5 Å². The minimum atomic E-state index is 0.0460. The molecule has 4 heterocycles. The first kappa shape index (κ1) is 18.4. The number of anilines is 1. The number of hydrogen-bond donors (Lipinski definition) is 2. The molecule has 1 aromatic carbocycles. The lowest BCUT2D eigenvalue weighted by molar-refractivity contribution is 0.237. The fourth-order valence-electron chi connectivity index (χ4n) is 4.87. The zero-order valence-electron chi connectivity index (χ0n) is 17.3. The van der Waals surface area contributed by atoms with Gasteiger partial charge < -0.3 is 9.88 Å². The smallest absolute Gasteiger partial charge is 0.255 e. The van der Waals surface area contributed by atoms with Crippen LogP contribution in [0.1, 0.15) is 42.3 Å². The van der Waals surface area contributed by atoms with E-state index in [1.165, 1.54) is 28.6 Å². The average molecular weight is 392 g/mol. The van der Waals surface area contributed by atoms with Gasteiger partial charge in [-0.2, -0.15) is 0 Å². The van der Waals surface area contributed by atoms with E-state index in [1.54, 1.807) is 0 Å². The number of aromatic amines is 2. The van der Waals surface area contributed by atoms with Crippen LogP contribution in [-0.4, -0.2) is 39.5 Å². The first-order valence-corrected chi connectivity index (χ1v) is 10.7. The highest BCUT2D eigenvalue weighted by Crippen LogP contribution is 2.25. The number of nitrogens with zero attached hydrogens (tertiary/aromatic N) is 3. The van der Waals surface area contributed by atoms with Crippen LogP contribution >= 0.6 is 0 Å². The molecule has 152 valence electrons. The quantitative estimate of drug-likeness (QED) is 0.718. The van der Waals surface area contributed by atoms with Crippen LogP contribution in [0.5, 0.6) is 0 Å². The normalized spacial score (nSPS) is 20.2. The molecule has 3 aromatic rings. The van der Waals surface area contributed by atoms with Gasteiger partial charge in [-0.3, -0.25) is 14.7 Å². The molecule has 6 nitrogen and oxygen atoms in total. The first-order valence-electron chi connectivity index (χ1n) is 10.7. The Hall–Kier alpha value is -2.60. The van der Waals surface area contributed by atoms with Crippen LogP contribution in [0.2, 0.25) is 0 Å². The molecular weight excluding hydrogens is 362 g/mol. The maximum absolute atomic E-state index is 12.7. The molecule has 5 rings (SSSR count). The van der Waals surface area contributed by atoms with Crippen molar-refractivity contribution >= 4 is 16.9 Å². The number of fused-ring (bicyclic) bond motifs is 2. The molecule has 1 unspecified atom stereocenters. The Labute approximate surface area is 171 Å². The Morgan fingerprint density at radius 2 is 2.07 bits per heavy atom. The van der Waals surface area contributed by atoms with Gasteiger partial charge in [0.15, 0.2) is 0 Å². The van der Waals surface area contributed by atoms with E-state index in [0.717, 1.165) is 62.8 Å². The lowest BCUT2D eigenvalue weighted by atomic mass is 10.0. The van der Waals surface area contributed by atoms with E-state index in [0.29, 0.717) is 5.92 Å². The largest absolute Gasteiger partial charge is 0.357 e. The second-order valence-electron chi connectivity index (χ2n) is 8.74. The van der Waals surface area contributed by atoms with Gasteiger partial charge in [-0.1, -0.05) is 25.1 Å². The van der Waals surface area contributed by atoms with Crippen LogP contribution in [0.3, 0.4) is 0 Å². The molecule has 1 fully saturated rings. The monoisotopic (exact) mass is 391 g/mol. The molecule has 2 aliphatic rings. The van der Waals surface area contributed by atoms with E-state index in [4.69, 9.17) is 4.98 Å². The van der Waals surface area contributed by atoms with Crippen LogP contribution in [0.25, 0.3) is 10.9 Å². The van der Waals surface area contributed by atoms with Crippen LogP contribution in [0.15, 0.2) is 29.1 Å². The van der Waals surface area contributed by atoms with Gasteiger partial charge in [0.1, 0.15) is 0 Å². The fourth-order valence-corrected chi connectivity index (χ4v) is 4.87. The Balaban J connectivity index is 1.39. The fraction of sp³-hybridized carbons (Fsp3) is 0.478. The molecule has 0 bridgehead atoms. The average Bonchev–Trinajstić information content (AvgIpc) is 3.03. The Bertz CT molecular complexity index is 1100. The molecule has 0 spiro atoms.